The topological polar surface area (TPSA) is 35.8 Å². The smallest absolute Gasteiger partial charge is 0.143 e. The average Bonchev–Trinajstić information content (AvgIpc) is 2.25. The molecule has 1 rings (SSSR count). The molecular weight excluding hydrogens is 191 g/mol. The number of nitrogens with zero attached hydrogens (tertiary/aromatic N) is 1. The van der Waals surface area contributed by atoms with Crippen molar-refractivity contribution in [2.45, 2.75) is 20.3 Å². The number of benzene rings is 1. The summed E-state index contributed by atoms with van der Waals surface area (Å²) in [6, 6.07) is 6.50. The number of halogens is 1. The van der Waals surface area contributed by atoms with Crippen LogP contribution in [0.4, 0.5) is 10.1 Å². The summed E-state index contributed by atoms with van der Waals surface area (Å²) >= 11 is 0. The first-order valence-corrected chi connectivity index (χ1v) is 5.11. The highest BCUT2D eigenvalue weighted by Gasteiger charge is 2.07. The van der Waals surface area contributed by atoms with E-state index in [0.29, 0.717) is 11.6 Å². The van der Waals surface area contributed by atoms with E-state index < -0.39 is 5.82 Å². The van der Waals surface area contributed by atoms with Gasteiger partial charge in [-0.2, -0.15) is 5.26 Å². The van der Waals surface area contributed by atoms with E-state index in [1.165, 1.54) is 6.07 Å². The van der Waals surface area contributed by atoms with Crippen LogP contribution in [-0.4, -0.2) is 6.54 Å². The predicted octanol–water partition coefficient (Wildman–Crippen LogP) is 3.16. The number of nitrogens with one attached hydrogen (secondary N) is 1. The molecule has 0 saturated heterocycles. The van der Waals surface area contributed by atoms with Crippen molar-refractivity contribution in [1.82, 2.24) is 0 Å². The van der Waals surface area contributed by atoms with Crippen LogP contribution in [-0.2, 0) is 0 Å². The second-order valence-electron chi connectivity index (χ2n) is 3.67. The van der Waals surface area contributed by atoms with Gasteiger partial charge < -0.3 is 5.32 Å². The Morgan fingerprint density at radius 3 is 2.87 bits per heavy atom. The minimum absolute atomic E-state index is 0.0980. The average molecular weight is 206 g/mol. The third kappa shape index (κ3) is 2.95. The molecule has 0 fully saturated rings. The zero-order valence-electron chi connectivity index (χ0n) is 9.05. The lowest BCUT2D eigenvalue weighted by Gasteiger charge is -2.12. The van der Waals surface area contributed by atoms with Crippen molar-refractivity contribution in [3.05, 3.63) is 29.6 Å². The SMILES string of the molecule is CCC(C)CNc1cccc(F)c1C#N. The van der Waals surface area contributed by atoms with E-state index in [1.807, 2.05) is 6.07 Å². The van der Waals surface area contributed by atoms with Crippen molar-refractivity contribution >= 4 is 5.69 Å². The molecule has 0 heterocycles. The Morgan fingerprint density at radius 2 is 2.27 bits per heavy atom. The number of hydrogen-bond acceptors (Lipinski definition) is 2. The standard InChI is InChI=1S/C12H15FN2/c1-3-9(2)8-15-12-6-4-5-11(13)10(12)7-14/h4-6,9,15H,3,8H2,1-2H3. The van der Waals surface area contributed by atoms with Gasteiger partial charge in [0.05, 0.1) is 5.69 Å². The number of rotatable bonds is 4. The maximum Gasteiger partial charge on any atom is 0.143 e. The lowest BCUT2D eigenvalue weighted by atomic mass is 10.1. The third-order valence-electron chi connectivity index (χ3n) is 2.46. The van der Waals surface area contributed by atoms with Crippen molar-refractivity contribution in [1.29, 1.82) is 5.26 Å². The Kier molecular flexibility index (Phi) is 4.11. The van der Waals surface area contributed by atoms with Crippen LogP contribution in [0.3, 0.4) is 0 Å². The molecule has 0 aliphatic rings. The molecule has 0 spiro atoms. The van der Waals surface area contributed by atoms with Gasteiger partial charge in [-0.05, 0) is 18.1 Å². The summed E-state index contributed by atoms with van der Waals surface area (Å²) < 4.78 is 13.2. The molecule has 1 aromatic carbocycles. The zero-order valence-corrected chi connectivity index (χ0v) is 9.05. The maximum absolute atomic E-state index is 13.2. The molecule has 0 aliphatic heterocycles. The Morgan fingerprint density at radius 1 is 1.53 bits per heavy atom. The maximum atomic E-state index is 13.2. The molecule has 15 heavy (non-hydrogen) atoms. The summed E-state index contributed by atoms with van der Waals surface area (Å²) in [6.45, 7) is 4.97. The molecule has 1 aromatic rings. The van der Waals surface area contributed by atoms with Gasteiger partial charge in [-0.1, -0.05) is 26.3 Å². The van der Waals surface area contributed by atoms with Crippen molar-refractivity contribution in [2.75, 3.05) is 11.9 Å². The van der Waals surface area contributed by atoms with Crippen LogP contribution in [0.1, 0.15) is 25.8 Å². The Labute approximate surface area is 89.7 Å². The van der Waals surface area contributed by atoms with Gasteiger partial charge in [-0.3, -0.25) is 0 Å². The normalized spacial score (nSPS) is 11.9. The summed E-state index contributed by atoms with van der Waals surface area (Å²) in [5.74, 6) is 0.0476. The number of hydrogen-bond donors (Lipinski definition) is 1. The van der Waals surface area contributed by atoms with Crippen LogP contribution in [0, 0.1) is 23.1 Å². The number of anilines is 1. The highest BCUT2D eigenvalue weighted by atomic mass is 19.1. The van der Waals surface area contributed by atoms with Gasteiger partial charge in [-0.15, -0.1) is 0 Å². The second kappa shape index (κ2) is 5.35. The summed E-state index contributed by atoms with van der Waals surface area (Å²) in [5.41, 5.74) is 0.679. The Balaban J connectivity index is 2.77. The molecule has 0 radical (unpaired) electrons. The van der Waals surface area contributed by atoms with Gasteiger partial charge in [-0.25, -0.2) is 4.39 Å². The van der Waals surface area contributed by atoms with Crippen LogP contribution in [0.15, 0.2) is 18.2 Å². The third-order valence-corrected chi connectivity index (χ3v) is 2.46. The highest BCUT2D eigenvalue weighted by Crippen LogP contribution is 2.18. The molecule has 1 atom stereocenters. The first-order chi connectivity index (χ1) is 7.19. The van der Waals surface area contributed by atoms with Crippen LogP contribution in [0.5, 0.6) is 0 Å². The van der Waals surface area contributed by atoms with Gasteiger partial charge in [0.2, 0.25) is 0 Å². The summed E-state index contributed by atoms with van der Waals surface area (Å²) in [5, 5.41) is 11.9. The lowest BCUT2D eigenvalue weighted by Crippen LogP contribution is -2.11. The van der Waals surface area contributed by atoms with E-state index in [1.54, 1.807) is 12.1 Å². The summed E-state index contributed by atoms with van der Waals surface area (Å²) in [4.78, 5) is 0. The predicted molar refractivity (Wildman–Crippen MR) is 59.1 cm³/mol. The summed E-state index contributed by atoms with van der Waals surface area (Å²) in [6.07, 6.45) is 1.06. The van der Waals surface area contributed by atoms with E-state index in [4.69, 9.17) is 5.26 Å². The van der Waals surface area contributed by atoms with Crippen molar-refractivity contribution in [3.63, 3.8) is 0 Å². The fraction of sp³-hybridized carbons (Fsp3) is 0.417. The van der Waals surface area contributed by atoms with Crippen molar-refractivity contribution in [3.8, 4) is 6.07 Å². The van der Waals surface area contributed by atoms with Gasteiger partial charge in [0.25, 0.3) is 0 Å². The number of nitriles is 1. The highest BCUT2D eigenvalue weighted by molar-refractivity contribution is 5.57. The monoisotopic (exact) mass is 206 g/mol. The quantitative estimate of drug-likeness (QED) is 0.821. The second-order valence-corrected chi connectivity index (χ2v) is 3.67. The van der Waals surface area contributed by atoms with E-state index in [2.05, 4.69) is 19.2 Å². The van der Waals surface area contributed by atoms with Crippen LogP contribution in [0.25, 0.3) is 0 Å². The molecule has 0 amide bonds. The first-order valence-electron chi connectivity index (χ1n) is 5.11. The Hall–Kier alpha value is -1.56. The fourth-order valence-electron chi connectivity index (χ4n) is 1.21. The van der Waals surface area contributed by atoms with E-state index in [9.17, 15) is 4.39 Å². The Bertz CT molecular complexity index is 368. The first kappa shape index (κ1) is 11.5. The molecule has 0 bridgehead atoms. The lowest BCUT2D eigenvalue weighted by molar-refractivity contribution is 0.592. The van der Waals surface area contributed by atoms with Gasteiger partial charge in [0, 0.05) is 6.54 Å². The van der Waals surface area contributed by atoms with Crippen LogP contribution in [0.2, 0.25) is 0 Å². The van der Waals surface area contributed by atoms with Crippen LogP contribution >= 0.6 is 0 Å². The molecule has 2 nitrogen and oxygen atoms in total. The molecule has 80 valence electrons. The molecule has 0 saturated carbocycles. The van der Waals surface area contributed by atoms with E-state index in [-0.39, 0.29) is 5.56 Å². The van der Waals surface area contributed by atoms with Gasteiger partial charge >= 0.3 is 0 Å². The van der Waals surface area contributed by atoms with E-state index in [0.717, 1.165) is 13.0 Å². The van der Waals surface area contributed by atoms with Crippen LogP contribution < -0.4 is 5.32 Å². The minimum Gasteiger partial charge on any atom is -0.384 e. The molecule has 0 aliphatic carbocycles. The summed E-state index contributed by atoms with van der Waals surface area (Å²) in [7, 11) is 0. The van der Waals surface area contributed by atoms with Crippen molar-refractivity contribution in [2.24, 2.45) is 5.92 Å². The minimum atomic E-state index is -0.466. The van der Waals surface area contributed by atoms with Gasteiger partial charge in [0.15, 0.2) is 0 Å². The molecule has 1 N–H and O–H groups in total. The molecular formula is C12H15FN2. The largest absolute Gasteiger partial charge is 0.384 e. The molecule has 3 heteroatoms. The van der Waals surface area contributed by atoms with E-state index >= 15 is 0 Å². The zero-order chi connectivity index (χ0) is 11.3. The fourth-order valence-corrected chi connectivity index (χ4v) is 1.21. The molecule has 0 aromatic heterocycles. The van der Waals surface area contributed by atoms with Gasteiger partial charge in [0.1, 0.15) is 17.4 Å². The van der Waals surface area contributed by atoms with Crippen molar-refractivity contribution < 1.29 is 4.39 Å². The molecule has 1 unspecified atom stereocenters.